The number of hydrogen-bond acceptors (Lipinski definition) is 4. The molecular formula is C12H8ClN3O3. The Balaban J connectivity index is 2.25. The second kappa shape index (κ2) is 5.45. The van der Waals surface area contributed by atoms with Gasteiger partial charge >= 0.3 is 5.97 Å². The van der Waals surface area contributed by atoms with Crippen LogP contribution in [0.25, 0.3) is 0 Å². The van der Waals surface area contributed by atoms with Gasteiger partial charge in [0.05, 0.1) is 28.5 Å². The fourth-order valence-electron chi connectivity index (χ4n) is 1.41. The minimum Gasteiger partial charge on any atom is -0.478 e. The van der Waals surface area contributed by atoms with Crippen LogP contribution >= 0.6 is 11.6 Å². The second-order valence-corrected chi connectivity index (χ2v) is 3.97. The topological polar surface area (TPSA) is 92.2 Å². The summed E-state index contributed by atoms with van der Waals surface area (Å²) in [5.41, 5.74) is -0.0532. The molecule has 2 N–H and O–H groups in total. The zero-order chi connectivity index (χ0) is 13.8. The number of rotatable bonds is 3. The molecule has 1 amide bonds. The van der Waals surface area contributed by atoms with E-state index in [1.165, 1.54) is 24.5 Å². The number of anilines is 1. The summed E-state index contributed by atoms with van der Waals surface area (Å²) < 4.78 is 0. The van der Waals surface area contributed by atoms with Gasteiger partial charge in [0.15, 0.2) is 0 Å². The molecule has 0 radical (unpaired) electrons. The van der Waals surface area contributed by atoms with Crippen molar-refractivity contribution in [1.29, 1.82) is 0 Å². The standard InChI is InChI=1S/C12H8ClN3O3/c13-7-5-14-12(15-6-7)16-10(17)8-3-1-2-4-9(8)11(18)19/h1-6H,(H,18,19)(H,14,15,16,17). The molecule has 0 aliphatic rings. The number of carboxylic acids is 1. The van der Waals surface area contributed by atoms with E-state index in [0.717, 1.165) is 0 Å². The lowest BCUT2D eigenvalue weighted by molar-refractivity contribution is 0.0692. The van der Waals surface area contributed by atoms with E-state index in [-0.39, 0.29) is 17.1 Å². The molecule has 1 aromatic carbocycles. The molecule has 1 heterocycles. The van der Waals surface area contributed by atoms with Crippen molar-refractivity contribution in [2.24, 2.45) is 0 Å². The molecule has 0 bridgehead atoms. The maximum Gasteiger partial charge on any atom is 0.336 e. The Labute approximate surface area is 113 Å². The van der Waals surface area contributed by atoms with Crippen molar-refractivity contribution in [3.05, 3.63) is 52.8 Å². The molecule has 0 saturated heterocycles. The van der Waals surface area contributed by atoms with Gasteiger partial charge in [0.1, 0.15) is 0 Å². The fraction of sp³-hybridized carbons (Fsp3) is 0. The number of carbonyl (C=O) groups is 2. The second-order valence-electron chi connectivity index (χ2n) is 3.53. The Morgan fingerprint density at radius 2 is 1.68 bits per heavy atom. The Morgan fingerprint density at radius 1 is 1.11 bits per heavy atom. The van der Waals surface area contributed by atoms with Crippen LogP contribution in [0.5, 0.6) is 0 Å². The third-order valence-corrected chi connectivity index (χ3v) is 2.44. The summed E-state index contributed by atoms with van der Waals surface area (Å²) in [6.07, 6.45) is 2.65. The number of carbonyl (C=O) groups excluding carboxylic acids is 1. The van der Waals surface area contributed by atoms with Gasteiger partial charge in [-0.3, -0.25) is 10.1 Å². The predicted octanol–water partition coefficient (Wildman–Crippen LogP) is 2.08. The average molecular weight is 278 g/mol. The highest BCUT2D eigenvalue weighted by molar-refractivity contribution is 6.30. The van der Waals surface area contributed by atoms with Gasteiger partial charge in [0, 0.05) is 0 Å². The summed E-state index contributed by atoms with van der Waals surface area (Å²) in [5.74, 6) is -1.72. The number of aromatic nitrogens is 2. The first-order chi connectivity index (χ1) is 9.08. The maximum absolute atomic E-state index is 11.9. The van der Waals surface area contributed by atoms with Gasteiger partial charge in [-0.2, -0.15) is 0 Å². The van der Waals surface area contributed by atoms with Crippen LogP contribution in [0.3, 0.4) is 0 Å². The minimum atomic E-state index is -1.18. The lowest BCUT2D eigenvalue weighted by atomic mass is 10.1. The molecule has 0 atom stereocenters. The molecule has 1 aromatic heterocycles. The lowest BCUT2D eigenvalue weighted by Gasteiger charge is -2.06. The highest BCUT2D eigenvalue weighted by Crippen LogP contribution is 2.11. The normalized spacial score (nSPS) is 9.95. The molecule has 6 nitrogen and oxygen atoms in total. The molecule has 0 saturated carbocycles. The van der Waals surface area contributed by atoms with Crippen molar-refractivity contribution < 1.29 is 14.7 Å². The van der Waals surface area contributed by atoms with E-state index in [0.29, 0.717) is 5.02 Å². The maximum atomic E-state index is 11.9. The Hall–Kier alpha value is -2.47. The van der Waals surface area contributed by atoms with Crippen molar-refractivity contribution in [3.8, 4) is 0 Å². The predicted molar refractivity (Wildman–Crippen MR) is 68.4 cm³/mol. The van der Waals surface area contributed by atoms with E-state index >= 15 is 0 Å². The number of amides is 1. The number of hydrogen-bond donors (Lipinski definition) is 2. The third-order valence-electron chi connectivity index (χ3n) is 2.25. The molecule has 2 rings (SSSR count). The third kappa shape index (κ3) is 3.05. The minimum absolute atomic E-state index is 0.0357. The van der Waals surface area contributed by atoms with E-state index in [2.05, 4.69) is 15.3 Å². The summed E-state index contributed by atoms with van der Waals surface area (Å²) in [6, 6.07) is 5.87. The van der Waals surface area contributed by atoms with Crippen LogP contribution < -0.4 is 5.32 Å². The van der Waals surface area contributed by atoms with E-state index in [4.69, 9.17) is 16.7 Å². The molecule has 0 aliphatic heterocycles. The van der Waals surface area contributed by atoms with Gasteiger partial charge in [-0.25, -0.2) is 14.8 Å². The smallest absolute Gasteiger partial charge is 0.336 e. The first-order valence-electron chi connectivity index (χ1n) is 5.19. The molecule has 0 fully saturated rings. The van der Waals surface area contributed by atoms with E-state index in [1.807, 2.05) is 0 Å². The van der Waals surface area contributed by atoms with Gasteiger partial charge in [-0.05, 0) is 12.1 Å². The largest absolute Gasteiger partial charge is 0.478 e. The highest BCUT2D eigenvalue weighted by Gasteiger charge is 2.16. The summed E-state index contributed by atoms with van der Waals surface area (Å²) in [5, 5.41) is 11.7. The van der Waals surface area contributed by atoms with Crippen LogP contribution in [-0.2, 0) is 0 Å². The van der Waals surface area contributed by atoms with Gasteiger partial charge in [-0.15, -0.1) is 0 Å². The molecule has 0 spiro atoms. The van der Waals surface area contributed by atoms with Crippen molar-refractivity contribution in [3.63, 3.8) is 0 Å². The van der Waals surface area contributed by atoms with Gasteiger partial charge in [0.2, 0.25) is 5.95 Å². The molecular weight excluding hydrogens is 270 g/mol. The summed E-state index contributed by atoms with van der Waals surface area (Å²) in [6.45, 7) is 0. The zero-order valence-electron chi connectivity index (χ0n) is 9.50. The van der Waals surface area contributed by atoms with Crippen molar-refractivity contribution in [1.82, 2.24) is 9.97 Å². The molecule has 19 heavy (non-hydrogen) atoms. The first kappa shape index (κ1) is 13.0. The molecule has 0 unspecified atom stereocenters. The molecule has 96 valence electrons. The van der Waals surface area contributed by atoms with Crippen LogP contribution in [0.4, 0.5) is 5.95 Å². The first-order valence-corrected chi connectivity index (χ1v) is 5.57. The number of nitrogens with one attached hydrogen (secondary N) is 1. The van der Waals surface area contributed by atoms with Crippen molar-refractivity contribution >= 4 is 29.4 Å². The number of carboxylic acid groups (broad SMARTS) is 1. The van der Waals surface area contributed by atoms with Crippen LogP contribution in [0.1, 0.15) is 20.7 Å². The molecule has 2 aromatic rings. The van der Waals surface area contributed by atoms with E-state index in [9.17, 15) is 9.59 Å². The quantitative estimate of drug-likeness (QED) is 0.896. The van der Waals surface area contributed by atoms with Crippen LogP contribution in [0.2, 0.25) is 5.02 Å². The van der Waals surface area contributed by atoms with E-state index < -0.39 is 11.9 Å². The van der Waals surface area contributed by atoms with Crippen molar-refractivity contribution in [2.45, 2.75) is 0 Å². The number of halogens is 1. The monoisotopic (exact) mass is 277 g/mol. The molecule has 0 aliphatic carbocycles. The van der Waals surface area contributed by atoms with Gasteiger partial charge in [0.25, 0.3) is 5.91 Å². The Bertz CT molecular complexity index is 628. The van der Waals surface area contributed by atoms with E-state index in [1.54, 1.807) is 12.1 Å². The van der Waals surface area contributed by atoms with Gasteiger partial charge in [-0.1, -0.05) is 23.7 Å². The fourth-order valence-corrected chi connectivity index (χ4v) is 1.51. The van der Waals surface area contributed by atoms with Crippen LogP contribution in [-0.4, -0.2) is 27.0 Å². The zero-order valence-corrected chi connectivity index (χ0v) is 10.3. The van der Waals surface area contributed by atoms with Crippen LogP contribution in [0.15, 0.2) is 36.7 Å². The number of aromatic carboxylic acids is 1. The average Bonchev–Trinajstić information content (AvgIpc) is 2.41. The summed E-state index contributed by atoms with van der Waals surface area (Å²) >= 11 is 5.62. The Morgan fingerprint density at radius 3 is 2.26 bits per heavy atom. The number of benzene rings is 1. The van der Waals surface area contributed by atoms with Gasteiger partial charge < -0.3 is 5.11 Å². The lowest BCUT2D eigenvalue weighted by Crippen LogP contribution is -2.17. The highest BCUT2D eigenvalue weighted by atomic mass is 35.5. The number of nitrogens with zero attached hydrogens (tertiary/aromatic N) is 2. The summed E-state index contributed by atoms with van der Waals surface area (Å²) in [7, 11) is 0. The van der Waals surface area contributed by atoms with Crippen molar-refractivity contribution in [2.75, 3.05) is 5.32 Å². The Kier molecular flexibility index (Phi) is 3.72. The molecule has 7 heteroatoms. The summed E-state index contributed by atoms with van der Waals surface area (Å²) in [4.78, 5) is 30.5. The van der Waals surface area contributed by atoms with Crippen LogP contribution in [0, 0.1) is 0 Å². The SMILES string of the molecule is O=C(O)c1ccccc1C(=O)Nc1ncc(Cl)cn1.